The molecule has 0 aliphatic carbocycles. The summed E-state index contributed by atoms with van der Waals surface area (Å²) in [6, 6.07) is 0. The quantitative estimate of drug-likeness (QED) is 0.551. The molecule has 0 rings (SSSR count). The fourth-order valence-corrected chi connectivity index (χ4v) is 1.57. The Morgan fingerprint density at radius 1 is 1.00 bits per heavy atom. The molecule has 110 valence electrons. The van der Waals surface area contributed by atoms with E-state index in [2.05, 4.69) is 10.6 Å². The number of aliphatic carboxylic acids is 1. The summed E-state index contributed by atoms with van der Waals surface area (Å²) in [5.41, 5.74) is 0. The largest absolute Gasteiger partial charge is 0.481 e. The van der Waals surface area contributed by atoms with Crippen LogP contribution in [0.5, 0.6) is 0 Å². The van der Waals surface area contributed by atoms with Crippen molar-refractivity contribution in [1.82, 2.24) is 10.6 Å². The minimum atomic E-state index is -0.900. The third kappa shape index (κ3) is 9.04. The average Bonchev–Trinajstić information content (AvgIpc) is 2.38. The lowest BCUT2D eigenvalue weighted by Gasteiger charge is -2.12. The van der Waals surface area contributed by atoms with Crippen LogP contribution in [0.25, 0.3) is 0 Å². The summed E-state index contributed by atoms with van der Waals surface area (Å²) in [4.78, 5) is 33.6. The lowest BCUT2D eigenvalue weighted by Crippen LogP contribution is -2.33. The second-order valence-corrected chi connectivity index (χ2v) is 4.48. The Hall–Kier alpha value is -1.59. The van der Waals surface area contributed by atoms with Crippen molar-refractivity contribution in [2.24, 2.45) is 5.92 Å². The van der Waals surface area contributed by atoms with Gasteiger partial charge in [-0.05, 0) is 12.8 Å². The van der Waals surface area contributed by atoms with Gasteiger partial charge in [0.05, 0.1) is 5.92 Å². The Morgan fingerprint density at radius 2 is 1.58 bits per heavy atom. The maximum atomic E-state index is 11.5. The molecule has 0 bridgehead atoms. The number of carboxylic acids is 1. The van der Waals surface area contributed by atoms with E-state index in [4.69, 9.17) is 5.11 Å². The highest BCUT2D eigenvalue weighted by molar-refractivity contribution is 5.84. The van der Waals surface area contributed by atoms with Crippen molar-refractivity contribution in [3.63, 3.8) is 0 Å². The van der Waals surface area contributed by atoms with Crippen LogP contribution in [0.4, 0.5) is 0 Å². The van der Waals surface area contributed by atoms with E-state index in [0.717, 1.165) is 12.8 Å². The van der Waals surface area contributed by atoms with Crippen molar-refractivity contribution in [3.8, 4) is 0 Å². The van der Waals surface area contributed by atoms with Gasteiger partial charge in [-0.1, -0.05) is 20.3 Å². The zero-order chi connectivity index (χ0) is 14.7. The van der Waals surface area contributed by atoms with E-state index >= 15 is 0 Å². The number of hydrogen-bond acceptors (Lipinski definition) is 3. The molecule has 3 N–H and O–H groups in total. The molecule has 0 radical (unpaired) electrons. The molecule has 6 nitrogen and oxygen atoms in total. The molecule has 0 spiro atoms. The molecule has 0 saturated heterocycles. The second-order valence-electron chi connectivity index (χ2n) is 4.48. The normalized spacial score (nSPS) is 11.7. The lowest BCUT2D eigenvalue weighted by molar-refractivity contribution is -0.142. The first-order valence-electron chi connectivity index (χ1n) is 6.77. The van der Waals surface area contributed by atoms with Crippen LogP contribution in [0.15, 0.2) is 0 Å². The monoisotopic (exact) mass is 272 g/mol. The molecule has 0 aromatic heterocycles. The van der Waals surface area contributed by atoms with Gasteiger partial charge in [-0.3, -0.25) is 14.4 Å². The Kier molecular flexibility index (Phi) is 9.48. The van der Waals surface area contributed by atoms with E-state index in [1.54, 1.807) is 0 Å². The van der Waals surface area contributed by atoms with Gasteiger partial charge in [-0.2, -0.15) is 0 Å². The molecule has 0 aliphatic heterocycles. The maximum absolute atomic E-state index is 11.5. The molecular weight excluding hydrogens is 248 g/mol. The van der Waals surface area contributed by atoms with Gasteiger partial charge >= 0.3 is 5.97 Å². The lowest BCUT2D eigenvalue weighted by atomic mass is 10.0. The van der Waals surface area contributed by atoms with Crippen LogP contribution in [-0.2, 0) is 14.4 Å². The molecule has 1 atom stereocenters. The zero-order valence-electron chi connectivity index (χ0n) is 11.7. The highest BCUT2D eigenvalue weighted by Crippen LogP contribution is 2.05. The average molecular weight is 272 g/mol. The third-order valence-electron chi connectivity index (χ3n) is 2.68. The fraction of sp³-hybridized carbons (Fsp3) is 0.769. The van der Waals surface area contributed by atoms with Gasteiger partial charge in [-0.15, -0.1) is 0 Å². The van der Waals surface area contributed by atoms with E-state index in [0.29, 0.717) is 13.0 Å². The molecule has 0 saturated carbocycles. The predicted octanol–water partition coefficient (Wildman–Crippen LogP) is 0.910. The number of carbonyl (C=O) groups excluding carboxylic acids is 2. The highest BCUT2D eigenvalue weighted by Gasteiger charge is 2.17. The van der Waals surface area contributed by atoms with Crippen LogP contribution in [0, 0.1) is 5.92 Å². The topological polar surface area (TPSA) is 95.5 Å². The summed E-state index contributed by atoms with van der Waals surface area (Å²) >= 11 is 0. The summed E-state index contributed by atoms with van der Waals surface area (Å²) in [5, 5.41) is 14.2. The zero-order valence-corrected chi connectivity index (χ0v) is 11.7. The van der Waals surface area contributed by atoms with Crippen LogP contribution in [0.1, 0.15) is 46.0 Å². The van der Waals surface area contributed by atoms with Gasteiger partial charge in [0.25, 0.3) is 0 Å². The predicted molar refractivity (Wildman–Crippen MR) is 71.6 cm³/mol. The Morgan fingerprint density at radius 3 is 2.05 bits per heavy atom. The van der Waals surface area contributed by atoms with Gasteiger partial charge in [0.1, 0.15) is 0 Å². The molecular formula is C13H24N2O4. The van der Waals surface area contributed by atoms with Crippen molar-refractivity contribution < 1.29 is 19.5 Å². The van der Waals surface area contributed by atoms with Gasteiger partial charge < -0.3 is 15.7 Å². The minimum Gasteiger partial charge on any atom is -0.481 e. The van der Waals surface area contributed by atoms with Crippen LogP contribution in [0.3, 0.4) is 0 Å². The summed E-state index contributed by atoms with van der Waals surface area (Å²) in [5.74, 6) is -1.89. The van der Waals surface area contributed by atoms with Gasteiger partial charge in [-0.25, -0.2) is 0 Å². The summed E-state index contributed by atoms with van der Waals surface area (Å²) in [6.07, 6.45) is 2.37. The van der Waals surface area contributed by atoms with Crippen molar-refractivity contribution in [2.45, 2.75) is 46.0 Å². The number of hydrogen-bond donors (Lipinski definition) is 3. The summed E-state index contributed by atoms with van der Waals surface area (Å²) in [6.45, 7) is 4.58. The van der Waals surface area contributed by atoms with E-state index in [1.165, 1.54) is 0 Å². The molecule has 0 aromatic rings. The number of carbonyl (C=O) groups is 3. The maximum Gasteiger partial charge on any atom is 0.308 e. The molecule has 0 fully saturated rings. The molecule has 0 heterocycles. The minimum absolute atomic E-state index is 0.0913. The molecule has 19 heavy (non-hydrogen) atoms. The Labute approximate surface area is 113 Å². The number of carboxylic acid groups (broad SMARTS) is 1. The molecule has 2 amide bonds. The molecule has 0 aliphatic rings. The summed E-state index contributed by atoms with van der Waals surface area (Å²) < 4.78 is 0. The highest BCUT2D eigenvalue weighted by atomic mass is 16.4. The van der Waals surface area contributed by atoms with E-state index < -0.39 is 11.9 Å². The molecule has 6 heteroatoms. The van der Waals surface area contributed by atoms with Crippen LogP contribution >= 0.6 is 0 Å². The standard InChI is InChI=1S/C13H24N2O4/c1-3-5-10(13(18)19)9-15-12(17)7-6-11(16)14-8-4-2/h10H,3-9H2,1-2H3,(H,14,16)(H,15,17)(H,18,19). The third-order valence-corrected chi connectivity index (χ3v) is 2.68. The van der Waals surface area contributed by atoms with Gasteiger partial charge in [0.15, 0.2) is 0 Å². The van der Waals surface area contributed by atoms with E-state index in [1.807, 2.05) is 13.8 Å². The first-order valence-corrected chi connectivity index (χ1v) is 6.77. The number of rotatable bonds is 10. The fourth-order valence-electron chi connectivity index (χ4n) is 1.57. The van der Waals surface area contributed by atoms with Gasteiger partial charge in [0, 0.05) is 25.9 Å². The molecule has 1 unspecified atom stereocenters. The van der Waals surface area contributed by atoms with Crippen molar-refractivity contribution in [2.75, 3.05) is 13.1 Å². The van der Waals surface area contributed by atoms with E-state index in [9.17, 15) is 14.4 Å². The smallest absolute Gasteiger partial charge is 0.308 e. The number of nitrogens with one attached hydrogen (secondary N) is 2. The molecule has 0 aromatic carbocycles. The Bertz CT molecular complexity index is 305. The van der Waals surface area contributed by atoms with Crippen molar-refractivity contribution in [1.29, 1.82) is 0 Å². The Balaban J connectivity index is 3.85. The van der Waals surface area contributed by atoms with E-state index in [-0.39, 0.29) is 31.2 Å². The SMILES string of the molecule is CCCNC(=O)CCC(=O)NCC(CCC)C(=O)O. The summed E-state index contributed by atoms with van der Waals surface area (Å²) in [7, 11) is 0. The first kappa shape index (κ1) is 17.4. The van der Waals surface area contributed by atoms with Crippen molar-refractivity contribution in [3.05, 3.63) is 0 Å². The van der Waals surface area contributed by atoms with Crippen molar-refractivity contribution >= 4 is 17.8 Å². The van der Waals surface area contributed by atoms with Crippen LogP contribution < -0.4 is 10.6 Å². The second kappa shape index (κ2) is 10.3. The number of amides is 2. The van der Waals surface area contributed by atoms with Crippen LogP contribution in [0.2, 0.25) is 0 Å². The van der Waals surface area contributed by atoms with Gasteiger partial charge in [0.2, 0.25) is 11.8 Å². The first-order chi connectivity index (χ1) is 9.01. The van der Waals surface area contributed by atoms with Crippen LogP contribution in [-0.4, -0.2) is 36.0 Å².